The molecule has 1 aliphatic heterocycles. The van der Waals surface area contributed by atoms with Crippen LogP contribution in [0.3, 0.4) is 0 Å². The van der Waals surface area contributed by atoms with Crippen LogP contribution in [-0.2, 0) is 5.41 Å². The van der Waals surface area contributed by atoms with E-state index in [0.29, 0.717) is 5.56 Å². The van der Waals surface area contributed by atoms with Crippen LogP contribution < -0.4 is 4.74 Å². The highest BCUT2D eigenvalue weighted by molar-refractivity contribution is 6.11. The lowest BCUT2D eigenvalue weighted by Crippen LogP contribution is -2.32. The molecule has 0 N–H and O–H groups in total. The number of ether oxygens (including phenoxy) is 1. The van der Waals surface area contributed by atoms with Crippen LogP contribution in [0.4, 0.5) is 0 Å². The molecule has 0 unspecified atom stereocenters. The Kier molecular flexibility index (Phi) is 6.62. The Morgan fingerprint density at radius 3 is 1.70 bits per heavy atom. The smallest absolute Gasteiger partial charge is 0.132 e. The van der Waals surface area contributed by atoms with Crippen molar-refractivity contribution in [3.8, 4) is 51.5 Å². The van der Waals surface area contributed by atoms with E-state index in [2.05, 4.69) is 167 Å². The van der Waals surface area contributed by atoms with Crippen LogP contribution in [0.15, 0.2) is 188 Å². The topological polar surface area (TPSA) is 68.7 Å². The van der Waals surface area contributed by atoms with Crippen LogP contribution in [0.5, 0.6) is 11.5 Å². The molecule has 0 radical (unpaired) electrons. The molecule has 0 bridgehead atoms. The summed E-state index contributed by atoms with van der Waals surface area (Å²) in [6, 6.07) is 64.3. The first-order valence-corrected chi connectivity index (χ1v) is 20.1. The number of nitrogens with zero attached hydrogens (tertiary/aromatic N) is 5. The molecule has 0 saturated carbocycles. The Morgan fingerprint density at radius 1 is 0.450 bits per heavy atom. The Balaban J connectivity index is 1.01. The van der Waals surface area contributed by atoms with Gasteiger partial charge in [0.25, 0.3) is 0 Å². The highest BCUT2D eigenvalue weighted by atomic mass is 16.5. The zero-order chi connectivity index (χ0) is 39.5. The molecule has 7 aromatic carbocycles. The summed E-state index contributed by atoms with van der Waals surface area (Å²) in [5, 5.41) is 15.1. The van der Waals surface area contributed by atoms with Crippen molar-refractivity contribution in [1.82, 2.24) is 19.1 Å². The van der Waals surface area contributed by atoms with Crippen molar-refractivity contribution in [3.05, 3.63) is 216 Å². The van der Waals surface area contributed by atoms with Crippen LogP contribution in [0.2, 0.25) is 0 Å². The van der Waals surface area contributed by atoms with Crippen molar-refractivity contribution < 1.29 is 4.74 Å². The van der Waals surface area contributed by atoms with Crippen LogP contribution in [0, 0.1) is 11.3 Å². The van der Waals surface area contributed by atoms with Gasteiger partial charge in [-0.25, -0.2) is 0 Å². The fraction of sp³-hybridized carbons (Fsp3) is 0.0185. The van der Waals surface area contributed by atoms with Gasteiger partial charge in [-0.15, -0.1) is 0 Å². The number of nitriles is 1. The summed E-state index contributed by atoms with van der Waals surface area (Å²) >= 11 is 0. The molecular weight excluding hydrogens is 735 g/mol. The molecule has 60 heavy (non-hydrogen) atoms. The number of para-hydroxylation sites is 4. The summed E-state index contributed by atoms with van der Waals surface area (Å²) in [6.45, 7) is 0. The largest absolute Gasteiger partial charge is 0.457 e. The third-order valence-corrected chi connectivity index (χ3v) is 12.7. The molecule has 13 rings (SSSR count). The maximum Gasteiger partial charge on any atom is 0.132 e. The average molecular weight is 766 g/mol. The Bertz CT molecular complexity index is 3580. The van der Waals surface area contributed by atoms with Crippen molar-refractivity contribution >= 4 is 43.6 Å². The highest BCUT2D eigenvalue weighted by Crippen LogP contribution is 2.61. The van der Waals surface area contributed by atoms with Crippen LogP contribution in [0.25, 0.3) is 77.5 Å². The van der Waals surface area contributed by atoms with Gasteiger partial charge in [-0.2, -0.15) is 5.26 Å². The van der Waals surface area contributed by atoms with Gasteiger partial charge in [0.15, 0.2) is 0 Å². The molecule has 5 heterocycles. The van der Waals surface area contributed by atoms with Gasteiger partial charge in [-0.3, -0.25) is 9.97 Å². The monoisotopic (exact) mass is 765 g/mol. The number of benzene rings is 7. The fourth-order valence-corrected chi connectivity index (χ4v) is 10.3. The number of aromatic nitrogens is 4. The molecule has 6 heteroatoms. The van der Waals surface area contributed by atoms with Gasteiger partial charge in [-0.1, -0.05) is 97.1 Å². The predicted octanol–water partition coefficient (Wildman–Crippen LogP) is 12.7. The normalized spacial score (nSPS) is 13.2. The predicted molar refractivity (Wildman–Crippen MR) is 238 cm³/mol. The molecule has 0 atom stereocenters. The maximum atomic E-state index is 10.5. The average Bonchev–Trinajstić information content (AvgIpc) is 3.93. The van der Waals surface area contributed by atoms with Gasteiger partial charge in [0, 0.05) is 50.8 Å². The minimum absolute atomic E-state index is 0.615. The van der Waals surface area contributed by atoms with Gasteiger partial charge in [0.1, 0.15) is 17.6 Å². The van der Waals surface area contributed by atoms with Gasteiger partial charge in [0.2, 0.25) is 0 Å². The Hall–Kier alpha value is -8.27. The molecule has 1 aliphatic carbocycles. The van der Waals surface area contributed by atoms with E-state index in [1.807, 2.05) is 36.7 Å². The summed E-state index contributed by atoms with van der Waals surface area (Å²) in [5.41, 5.74) is 14.5. The van der Waals surface area contributed by atoms with E-state index in [1.165, 1.54) is 0 Å². The summed E-state index contributed by atoms with van der Waals surface area (Å²) in [5.74, 6) is 1.66. The second-order valence-corrected chi connectivity index (χ2v) is 15.6. The van der Waals surface area contributed by atoms with E-state index in [1.54, 1.807) is 0 Å². The fourth-order valence-electron chi connectivity index (χ4n) is 10.3. The summed E-state index contributed by atoms with van der Waals surface area (Å²) in [6.07, 6.45) is 3.71. The van der Waals surface area contributed by atoms with Gasteiger partial charge in [-0.05, 0) is 101 Å². The zero-order valence-electron chi connectivity index (χ0n) is 32.0. The van der Waals surface area contributed by atoms with Gasteiger partial charge < -0.3 is 13.9 Å². The molecule has 0 saturated heterocycles. The Labute approximate surface area is 344 Å². The van der Waals surface area contributed by atoms with E-state index in [9.17, 15) is 5.26 Å². The van der Waals surface area contributed by atoms with E-state index < -0.39 is 5.41 Å². The molecule has 0 amide bonds. The second-order valence-electron chi connectivity index (χ2n) is 15.6. The molecule has 11 aromatic rings. The number of hydrogen-bond donors (Lipinski definition) is 0. The summed E-state index contributed by atoms with van der Waals surface area (Å²) in [7, 11) is 0. The lowest BCUT2D eigenvalue weighted by atomic mass is 9.66. The van der Waals surface area contributed by atoms with E-state index >= 15 is 0 Å². The summed E-state index contributed by atoms with van der Waals surface area (Å²) in [4.78, 5) is 9.80. The quantitative estimate of drug-likeness (QED) is 0.180. The first-order valence-electron chi connectivity index (χ1n) is 20.1. The SMILES string of the molecule is N#Cc1ccc(-n2c3ccccc3c3cc(-c4ccc5c(c4)C4(c6ccccc6O5)c5cccnc5-c5ncccc54)ccc32)cc1-n1c2ccccc2c2ccccc21. The first kappa shape index (κ1) is 32.8. The second kappa shape index (κ2) is 12.1. The van der Waals surface area contributed by atoms with Gasteiger partial charge >= 0.3 is 0 Å². The molecule has 6 nitrogen and oxygen atoms in total. The van der Waals surface area contributed by atoms with Crippen molar-refractivity contribution in [1.29, 1.82) is 5.26 Å². The first-order chi connectivity index (χ1) is 29.7. The third kappa shape index (κ3) is 4.25. The highest BCUT2D eigenvalue weighted by Gasteiger charge is 2.52. The molecular formula is C54H31N5O. The van der Waals surface area contributed by atoms with Crippen LogP contribution in [-0.4, -0.2) is 19.1 Å². The lowest BCUT2D eigenvalue weighted by molar-refractivity contribution is 0.436. The molecule has 2 aliphatic rings. The minimum atomic E-state index is -0.656. The van der Waals surface area contributed by atoms with Gasteiger partial charge in [0.05, 0.1) is 50.1 Å². The van der Waals surface area contributed by atoms with E-state index in [4.69, 9.17) is 14.7 Å². The molecule has 278 valence electrons. The van der Waals surface area contributed by atoms with Crippen molar-refractivity contribution in [2.24, 2.45) is 0 Å². The van der Waals surface area contributed by atoms with E-state index in [0.717, 1.165) is 111 Å². The summed E-state index contributed by atoms with van der Waals surface area (Å²) < 4.78 is 11.3. The standard InChI is InChI=1S/C54H31N5O/c55-32-35-21-24-36(31-49(35)59-46-18-6-1-11-37(46)38-12-2-7-19-47(38)59)58-45-17-5-3-13-39(45)40-29-33(22-25-48(40)58)34-23-26-51-44(30-34)54(41-14-4-8-20-50(41)60-51)42-15-9-27-56-52(42)53-43(54)16-10-28-57-53/h1-31H. The van der Waals surface area contributed by atoms with Crippen molar-refractivity contribution in [2.45, 2.75) is 5.41 Å². The number of hydrogen-bond acceptors (Lipinski definition) is 4. The molecule has 1 spiro atoms. The Morgan fingerprint density at radius 2 is 1.00 bits per heavy atom. The van der Waals surface area contributed by atoms with Crippen LogP contribution >= 0.6 is 0 Å². The van der Waals surface area contributed by atoms with Crippen molar-refractivity contribution in [3.63, 3.8) is 0 Å². The maximum absolute atomic E-state index is 10.5. The van der Waals surface area contributed by atoms with Crippen molar-refractivity contribution in [2.75, 3.05) is 0 Å². The minimum Gasteiger partial charge on any atom is -0.457 e. The van der Waals surface area contributed by atoms with E-state index in [-0.39, 0.29) is 0 Å². The van der Waals surface area contributed by atoms with Crippen LogP contribution in [0.1, 0.15) is 27.8 Å². The number of fused-ring (bicyclic) bond motifs is 15. The molecule has 0 fully saturated rings. The zero-order valence-corrected chi connectivity index (χ0v) is 32.0. The third-order valence-electron chi connectivity index (χ3n) is 12.7. The molecule has 4 aromatic heterocycles. The lowest BCUT2D eigenvalue weighted by Gasteiger charge is -2.39. The number of rotatable bonds is 3. The number of pyridine rings is 2.